The number of ether oxygens (including phenoxy) is 2. The lowest BCUT2D eigenvalue weighted by atomic mass is 10.1. The molecular weight excluding hydrogens is 352 g/mol. The van der Waals surface area contributed by atoms with E-state index in [1.54, 1.807) is 12.1 Å². The molecule has 2 aromatic carbocycles. The first-order valence-electron chi connectivity index (χ1n) is 6.82. The highest BCUT2D eigenvalue weighted by Gasteiger charge is 2.20. The largest absolute Gasteiger partial charge is 0.496 e. The lowest BCUT2D eigenvalue weighted by Crippen LogP contribution is -2.12. The van der Waals surface area contributed by atoms with Gasteiger partial charge in [0, 0.05) is 17.2 Å². The Kier molecular flexibility index (Phi) is 5.35. The van der Waals surface area contributed by atoms with Gasteiger partial charge in [-0.25, -0.2) is 13.6 Å². The van der Waals surface area contributed by atoms with Gasteiger partial charge in [0.05, 0.1) is 16.9 Å². The molecular formula is C15H14N2O7S. The summed E-state index contributed by atoms with van der Waals surface area (Å²) in [5.41, 5.74) is 0.340. The molecule has 0 atom stereocenters. The number of rotatable bonds is 7. The molecule has 0 aliphatic rings. The van der Waals surface area contributed by atoms with Gasteiger partial charge in [-0.3, -0.25) is 14.9 Å². The zero-order chi connectivity index (χ0) is 18.6. The van der Waals surface area contributed by atoms with Crippen molar-refractivity contribution in [3.05, 3.63) is 57.6 Å². The van der Waals surface area contributed by atoms with Crippen molar-refractivity contribution in [3.63, 3.8) is 0 Å². The van der Waals surface area contributed by atoms with Crippen LogP contribution in [0.2, 0.25) is 0 Å². The highest BCUT2D eigenvalue weighted by molar-refractivity contribution is 7.89. The highest BCUT2D eigenvalue weighted by atomic mass is 32.2. The quantitative estimate of drug-likeness (QED) is 0.446. The minimum atomic E-state index is -4.08. The number of sulfonamides is 1. The zero-order valence-electron chi connectivity index (χ0n) is 13.0. The van der Waals surface area contributed by atoms with Crippen LogP contribution in [0.4, 0.5) is 5.69 Å². The minimum Gasteiger partial charge on any atom is -0.496 e. The van der Waals surface area contributed by atoms with Gasteiger partial charge in [-0.15, -0.1) is 0 Å². The fourth-order valence-corrected chi connectivity index (χ4v) is 2.61. The van der Waals surface area contributed by atoms with E-state index in [2.05, 4.69) is 0 Å². The monoisotopic (exact) mass is 366 g/mol. The maximum Gasteiger partial charge on any atom is 0.312 e. The average Bonchev–Trinajstić information content (AvgIpc) is 2.58. The summed E-state index contributed by atoms with van der Waals surface area (Å²) in [4.78, 5) is 20.9. The van der Waals surface area contributed by atoms with Crippen molar-refractivity contribution in [2.45, 2.75) is 11.5 Å². The summed E-state index contributed by atoms with van der Waals surface area (Å²) >= 11 is 0. The Morgan fingerprint density at radius 1 is 1.20 bits per heavy atom. The van der Waals surface area contributed by atoms with Gasteiger partial charge in [0.25, 0.3) is 0 Å². The number of hydrogen-bond acceptors (Lipinski definition) is 7. The third-order valence-electron chi connectivity index (χ3n) is 3.28. The lowest BCUT2D eigenvalue weighted by Gasteiger charge is -2.11. The van der Waals surface area contributed by atoms with Crippen LogP contribution >= 0.6 is 0 Å². The molecule has 0 spiro atoms. The van der Waals surface area contributed by atoms with Crippen LogP contribution in [0.3, 0.4) is 0 Å². The number of nitrogens with zero attached hydrogens (tertiary/aromatic N) is 1. The summed E-state index contributed by atoms with van der Waals surface area (Å²) in [6.07, 6.45) is 0.645. The Hall–Kier alpha value is -2.98. The van der Waals surface area contributed by atoms with E-state index in [9.17, 15) is 23.3 Å². The molecule has 25 heavy (non-hydrogen) atoms. The molecule has 0 fully saturated rings. The van der Waals surface area contributed by atoms with Crippen molar-refractivity contribution in [1.82, 2.24) is 0 Å². The van der Waals surface area contributed by atoms with Crippen molar-refractivity contribution in [2.75, 3.05) is 7.11 Å². The van der Waals surface area contributed by atoms with Gasteiger partial charge in [-0.1, -0.05) is 0 Å². The Labute approximate surface area is 143 Å². The molecule has 0 unspecified atom stereocenters. The Balaban J connectivity index is 2.35. The molecule has 0 radical (unpaired) electrons. The first-order valence-corrected chi connectivity index (χ1v) is 8.37. The molecule has 0 heterocycles. The smallest absolute Gasteiger partial charge is 0.312 e. The van der Waals surface area contributed by atoms with Gasteiger partial charge in [0.15, 0.2) is 5.75 Å². The maximum absolute atomic E-state index is 11.3. The Bertz CT molecular complexity index is 925. The van der Waals surface area contributed by atoms with Crippen molar-refractivity contribution in [2.24, 2.45) is 5.14 Å². The number of nitrogens with two attached hydrogens (primary N) is 1. The van der Waals surface area contributed by atoms with E-state index in [0.29, 0.717) is 23.2 Å². The number of carbonyl (C=O) groups excluding carboxylic acids is 1. The molecule has 2 N–H and O–H groups in total. The molecule has 0 aromatic heterocycles. The highest BCUT2D eigenvalue weighted by Crippen LogP contribution is 2.31. The summed E-state index contributed by atoms with van der Waals surface area (Å²) in [5, 5.41) is 16.1. The third-order valence-corrected chi connectivity index (χ3v) is 4.19. The molecule has 0 saturated carbocycles. The summed E-state index contributed by atoms with van der Waals surface area (Å²) < 4.78 is 33.2. The van der Waals surface area contributed by atoms with E-state index in [4.69, 9.17) is 14.6 Å². The standard InChI is InChI=1S/C15H14N2O7S/c1-23-14-4-2-10(8-18)6-11(14)9-24-15-5-3-12(25(16,21)22)7-13(15)17(19)20/h2-8H,9H2,1H3,(H2,16,21,22). The fraction of sp³-hybridized carbons (Fsp3) is 0.133. The van der Waals surface area contributed by atoms with Gasteiger partial charge in [0.2, 0.25) is 10.0 Å². The van der Waals surface area contributed by atoms with Crippen molar-refractivity contribution < 1.29 is 27.6 Å². The van der Waals surface area contributed by atoms with Gasteiger partial charge in [0.1, 0.15) is 18.6 Å². The topological polar surface area (TPSA) is 139 Å². The van der Waals surface area contributed by atoms with Gasteiger partial charge in [-0.2, -0.15) is 0 Å². The van der Waals surface area contributed by atoms with Gasteiger partial charge >= 0.3 is 5.69 Å². The van der Waals surface area contributed by atoms with Crippen LogP contribution in [0.25, 0.3) is 0 Å². The normalized spacial score (nSPS) is 11.0. The molecule has 0 aliphatic heterocycles. The van der Waals surface area contributed by atoms with Crippen LogP contribution < -0.4 is 14.6 Å². The van der Waals surface area contributed by atoms with Crippen LogP contribution in [0.15, 0.2) is 41.3 Å². The second-order valence-corrected chi connectivity index (χ2v) is 6.47. The summed E-state index contributed by atoms with van der Waals surface area (Å²) in [6.45, 7) is -0.125. The van der Waals surface area contributed by atoms with Crippen LogP contribution in [-0.2, 0) is 16.6 Å². The predicted octanol–water partition coefficient (Wildman–Crippen LogP) is 1.64. The molecule has 0 aliphatic carbocycles. The Morgan fingerprint density at radius 3 is 2.44 bits per heavy atom. The Morgan fingerprint density at radius 2 is 1.88 bits per heavy atom. The number of benzene rings is 2. The number of carbonyl (C=O) groups is 1. The SMILES string of the molecule is COc1ccc(C=O)cc1COc1ccc(S(N)(=O)=O)cc1[N+](=O)[O-]. The number of hydrogen-bond donors (Lipinski definition) is 1. The molecule has 9 nitrogen and oxygen atoms in total. The molecule has 2 aromatic rings. The minimum absolute atomic E-state index is 0.125. The summed E-state index contributed by atoms with van der Waals surface area (Å²) in [6, 6.07) is 7.73. The van der Waals surface area contributed by atoms with E-state index in [0.717, 1.165) is 18.2 Å². The number of nitro groups is 1. The van der Waals surface area contributed by atoms with E-state index >= 15 is 0 Å². The van der Waals surface area contributed by atoms with Crippen molar-refractivity contribution in [1.29, 1.82) is 0 Å². The average molecular weight is 366 g/mol. The molecule has 0 saturated heterocycles. The van der Waals surface area contributed by atoms with Crippen molar-refractivity contribution >= 4 is 22.0 Å². The molecule has 2 rings (SSSR count). The summed E-state index contributed by atoms with van der Waals surface area (Å²) in [5.74, 6) is 0.297. The number of nitro benzene ring substituents is 1. The van der Waals surface area contributed by atoms with E-state index < -0.39 is 25.5 Å². The first-order chi connectivity index (χ1) is 11.8. The van der Waals surface area contributed by atoms with E-state index in [1.807, 2.05) is 0 Å². The second-order valence-electron chi connectivity index (χ2n) is 4.91. The van der Waals surface area contributed by atoms with Crippen LogP contribution in [-0.4, -0.2) is 26.7 Å². The fourth-order valence-electron chi connectivity index (χ4n) is 2.08. The van der Waals surface area contributed by atoms with E-state index in [1.165, 1.54) is 13.2 Å². The molecule has 0 bridgehead atoms. The molecule has 10 heteroatoms. The lowest BCUT2D eigenvalue weighted by molar-refractivity contribution is -0.386. The maximum atomic E-state index is 11.3. The van der Waals surface area contributed by atoms with Gasteiger partial charge in [-0.05, 0) is 30.3 Å². The van der Waals surface area contributed by atoms with Crippen LogP contribution in [0.1, 0.15) is 15.9 Å². The van der Waals surface area contributed by atoms with Crippen LogP contribution in [0.5, 0.6) is 11.5 Å². The van der Waals surface area contributed by atoms with Gasteiger partial charge < -0.3 is 9.47 Å². The van der Waals surface area contributed by atoms with Crippen LogP contribution in [0, 0.1) is 10.1 Å². The second kappa shape index (κ2) is 7.28. The van der Waals surface area contributed by atoms with Crippen molar-refractivity contribution in [3.8, 4) is 11.5 Å². The molecule has 132 valence electrons. The zero-order valence-corrected chi connectivity index (χ0v) is 13.9. The van der Waals surface area contributed by atoms with E-state index in [-0.39, 0.29) is 12.4 Å². The number of primary sulfonamides is 1. The molecule has 0 amide bonds. The third kappa shape index (κ3) is 4.31. The number of aldehydes is 1. The first kappa shape index (κ1) is 18.4. The number of methoxy groups -OCH3 is 1. The predicted molar refractivity (Wildman–Crippen MR) is 87.2 cm³/mol. The summed E-state index contributed by atoms with van der Waals surface area (Å²) in [7, 11) is -2.65.